The largest absolute Gasteiger partial charge is 0.497 e. The van der Waals surface area contributed by atoms with E-state index in [0.717, 1.165) is 38.8 Å². The quantitative estimate of drug-likeness (QED) is 0.0268. The van der Waals surface area contributed by atoms with E-state index in [4.69, 9.17) is 33.5 Å². The van der Waals surface area contributed by atoms with Crippen LogP contribution in [0.1, 0.15) is 118 Å². The number of fused-ring (bicyclic) bond motifs is 1. The first-order valence-corrected chi connectivity index (χ1v) is 23.6. The van der Waals surface area contributed by atoms with E-state index >= 15 is 0 Å². The highest BCUT2D eigenvalue weighted by Crippen LogP contribution is 2.31. The molecule has 22 heteroatoms. The Morgan fingerprint density at radius 1 is 0.652 bits per heavy atom. The second-order valence-corrected chi connectivity index (χ2v) is 16.4. The molecule has 0 unspecified atom stereocenters. The maximum absolute atomic E-state index is 13.0. The molecule has 5 amide bonds. The molecule has 3 rings (SSSR count). The number of halogens is 1. The monoisotopic (exact) mass is 992 g/mol. The lowest BCUT2D eigenvalue weighted by Crippen LogP contribution is -2.31. The zero-order valence-electron chi connectivity index (χ0n) is 40.3. The molecule has 1 heterocycles. The summed E-state index contributed by atoms with van der Waals surface area (Å²) in [5, 5.41) is 46.5. The zero-order valence-corrected chi connectivity index (χ0v) is 41.0. The van der Waals surface area contributed by atoms with Crippen molar-refractivity contribution >= 4 is 63.9 Å². The van der Waals surface area contributed by atoms with Gasteiger partial charge in [-0.05, 0) is 132 Å². The van der Waals surface area contributed by atoms with Crippen LogP contribution in [0.25, 0.3) is 10.9 Å². The molecular formula is C47H74ClN9O12. The van der Waals surface area contributed by atoms with Crippen molar-refractivity contribution in [3.63, 3.8) is 0 Å². The van der Waals surface area contributed by atoms with Gasteiger partial charge in [-0.25, -0.2) is 15.2 Å². The zero-order chi connectivity index (χ0) is 51.7. The third kappa shape index (κ3) is 25.0. The molecule has 0 radical (unpaired) electrons. The molecule has 1 aromatic heterocycles. The molecule has 0 spiro atoms. The summed E-state index contributed by atoms with van der Waals surface area (Å²) in [6, 6.07) is 11.9. The van der Waals surface area contributed by atoms with Crippen molar-refractivity contribution < 1.29 is 59.0 Å². The summed E-state index contributed by atoms with van der Waals surface area (Å²) in [4.78, 5) is 82.6. The van der Waals surface area contributed by atoms with Crippen LogP contribution in [0.4, 0.5) is 0 Å². The Morgan fingerprint density at radius 2 is 1.13 bits per heavy atom. The van der Waals surface area contributed by atoms with Crippen LogP contribution < -0.4 is 32.6 Å². The van der Waals surface area contributed by atoms with Gasteiger partial charge < -0.3 is 37.7 Å². The second-order valence-electron chi connectivity index (χ2n) is 15.9. The average Bonchev–Trinajstić information content (AvgIpc) is 3.59. The first kappa shape index (κ1) is 61.3. The van der Waals surface area contributed by atoms with Gasteiger partial charge in [0.05, 0.1) is 19.0 Å². The molecule has 0 saturated heterocycles. The maximum Gasteiger partial charge on any atom is 0.307 e. The molecule has 3 aromatic rings. The summed E-state index contributed by atoms with van der Waals surface area (Å²) < 4.78 is 6.77. The first-order chi connectivity index (χ1) is 32.9. The van der Waals surface area contributed by atoms with Crippen LogP contribution in [0.15, 0.2) is 42.5 Å². The minimum absolute atomic E-state index is 0.0191. The summed E-state index contributed by atoms with van der Waals surface area (Å²) in [5.41, 5.74) is 17.8. The van der Waals surface area contributed by atoms with Gasteiger partial charge in [-0.15, -0.1) is 0 Å². The van der Waals surface area contributed by atoms with Crippen LogP contribution in [0.2, 0.25) is 5.02 Å². The number of carbonyl (C=O) groups excluding carboxylic acids is 6. The number of benzene rings is 2. The number of hydrogen-bond donors (Lipinski definition) is 9. The first-order valence-electron chi connectivity index (χ1n) is 23.2. The van der Waals surface area contributed by atoms with Crippen LogP contribution in [0.5, 0.6) is 5.75 Å². The van der Waals surface area contributed by atoms with Crippen LogP contribution in [0, 0.1) is 6.92 Å². The van der Waals surface area contributed by atoms with E-state index < -0.39 is 23.7 Å². The number of nitrogens with one attached hydrogen (secondary N) is 2. The number of ether oxygens (including phenoxy) is 1. The number of hydrogen-bond acceptors (Lipinski definition) is 14. The number of methoxy groups -OCH3 is 1. The number of nitrogens with zero attached hydrogens (tertiary/aromatic N) is 4. The number of carboxylic acid groups (broad SMARTS) is 1. The molecule has 0 fully saturated rings. The molecule has 21 nitrogen and oxygen atoms in total. The van der Waals surface area contributed by atoms with Gasteiger partial charge in [0.25, 0.3) is 5.91 Å². The van der Waals surface area contributed by atoms with E-state index in [1.165, 1.54) is 11.5 Å². The Balaban J connectivity index is 0.000000670. The summed E-state index contributed by atoms with van der Waals surface area (Å²) in [6.07, 6.45) is 6.61. The molecule has 2 aromatic carbocycles. The van der Waals surface area contributed by atoms with E-state index in [9.17, 15) is 54.3 Å². The molecular weight excluding hydrogens is 918 g/mol. The number of rotatable bonds is 29. The number of hydroxylamine groups is 6. The van der Waals surface area contributed by atoms with Crippen molar-refractivity contribution in [1.82, 2.24) is 30.4 Å². The lowest BCUT2D eigenvalue weighted by molar-refractivity contribution is -0.166. The van der Waals surface area contributed by atoms with Crippen molar-refractivity contribution in [2.24, 2.45) is 17.2 Å². The fourth-order valence-corrected chi connectivity index (χ4v) is 6.64. The molecule has 0 atom stereocenters. The molecule has 69 heavy (non-hydrogen) atoms. The van der Waals surface area contributed by atoms with Crippen LogP contribution in [-0.4, -0.2) is 141 Å². The molecule has 0 aliphatic rings. The lowest BCUT2D eigenvalue weighted by atomic mass is 10.1. The molecule has 386 valence electrons. The molecule has 0 bridgehead atoms. The Labute approximate surface area is 409 Å². The van der Waals surface area contributed by atoms with Crippen molar-refractivity contribution in [2.45, 2.75) is 110 Å². The number of unbranched alkanes of at least 4 members (excludes halogenated alkanes) is 6. The van der Waals surface area contributed by atoms with E-state index in [0.29, 0.717) is 112 Å². The van der Waals surface area contributed by atoms with Gasteiger partial charge in [0.2, 0.25) is 29.5 Å². The van der Waals surface area contributed by atoms with Crippen molar-refractivity contribution in [1.29, 1.82) is 0 Å². The Hall–Kier alpha value is -5.68. The smallest absolute Gasteiger partial charge is 0.307 e. The number of aromatic nitrogens is 1. The van der Waals surface area contributed by atoms with Crippen molar-refractivity contribution in [2.75, 3.05) is 59.5 Å². The fraction of sp³-hybridized carbons (Fsp3) is 0.553. The van der Waals surface area contributed by atoms with E-state index in [2.05, 4.69) is 10.6 Å². The summed E-state index contributed by atoms with van der Waals surface area (Å²) in [7, 11) is 1.54. The molecule has 0 saturated carbocycles. The SMILES string of the molecule is CC(=O)N(O)CCCCCNC(=O)CCC(=O)N(O)CCCCCNC(=O)CCC(=O)N(O)CCCCCN.COc1ccc2c(c1)c(CC(=O)O)c(C)n2C(=O)c1ccc(Cl)cc1.NCCCN. The second kappa shape index (κ2) is 35.4. The molecule has 0 aliphatic heterocycles. The van der Waals surface area contributed by atoms with Gasteiger partial charge in [0.1, 0.15) is 5.75 Å². The average molecular weight is 993 g/mol. The van der Waals surface area contributed by atoms with Crippen molar-refractivity contribution in [3.05, 3.63) is 64.3 Å². The number of amides is 5. The minimum Gasteiger partial charge on any atom is -0.497 e. The van der Waals surface area contributed by atoms with Gasteiger partial charge in [-0.1, -0.05) is 18.0 Å². The molecule has 12 N–H and O–H groups in total. The normalized spacial score (nSPS) is 10.5. The predicted octanol–water partition coefficient (Wildman–Crippen LogP) is 4.14. The summed E-state index contributed by atoms with van der Waals surface area (Å²) in [5.74, 6) is -2.64. The number of carbonyl (C=O) groups is 7. The van der Waals surface area contributed by atoms with Gasteiger partial charge in [0.15, 0.2) is 0 Å². The van der Waals surface area contributed by atoms with Gasteiger partial charge in [0, 0.05) is 87.0 Å². The van der Waals surface area contributed by atoms with E-state index in [1.807, 2.05) is 0 Å². The van der Waals surface area contributed by atoms with Gasteiger partial charge in [-0.3, -0.25) is 53.8 Å². The van der Waals surface area contributed by atoms with E-state index in [-0.39, 0.29) is 69.5 Å². The highest BCUT2D eigenvalue weighted by Gasteiger charge is 2.22. The van der Waals surface area contributed by atoms with Crippen LogP contribution in [0.3, 0.4) is 0 Å². The summed E-state index contributed by atoms with van der Waals surface area (Å²) >= 11 is 5.89. The Bertz CT molecular complexity index is 2050. The van der Waals surface area contributed by atoms with Gasteiger partial charge in [-0.2, -0.15) is 0 Å². The maximum atomic E-state index is 13.0. The van der Waals surface area contributed by atoms with Gasteiger partial charge >= 0.3 is 5.97 Å². The van der Waals surface area contributed by atoms with Crippen molar-refractivity contribution in [3.8, 4) is 5.75 Å². The number of carboxylic acids is 1. The van der Waals surface area contributed by atoms with Crippen LogP contribution >= 0.6 is 11.6 Å². The van der Waals surface area contributed by atoms with E-state index in [1.54, 1.807) is 56.5 Å². The highest BCUT2D eigenvalue weighted by atomic mass is 35.5. The Kier molecular flexibility index (Phi) is 31.5. The number of aliphatic carboxylic acids is 1. The highest BCUT2D eigenvalue weighted by molar-refractivity contribution is 6.30. The number of nitrogens with two attached hydrogens (primary N) is 3. The standard InChI is InChI=1S/C25H48N6O8.C19H16ClNO4.C3H10N2/c1-21(32)29(37)18-9-3-6-16-27-22(33)12-14-25(36)31(39)20-10-4-7-17-28-23(34)11-13-24(35)30(38)19-8-2-5-15-26;1-11-15(10-18(22)23)16-9-14(25-2)7-8-17(16)21(11)19(24)12-3-5-13(20)6-4-12;4-2-1-3-5/h37-39H,2-20,26H2,1H3,(H,27,33)(H,28,34);3-9H,10H2,1-2H3,(H,22,23);1-5H2. The molecule has 0 aliphatic carbocycles. The Morgan fingerprint density at radius 3 is 1.57 bits per heavy atom. The predicted molar refractivity (Wildman–Crippen MR) is 260 cm³/mol. The fourth-order valence-electron chi connectivity index (χ4n) is 6.51. The minimum atomic E-state index is -0.955. The summed E-state index contributed by atoms with van der Waals surface area (Å²) in [6.45, 7) is 6.41. The third-order valence-corrected chi connectivity index (χ3v) is 10.7. The topological polar surface area (TPSA) is 326 Å². The third-order valence-electron chi connectivity index (χ3n) is 10.5. The van der Waals surface area contributed by atoms with Crippen LogP contribution in [-0.2, 0) is 35.2 Å². The lowest BCUT2D eigenvalue weighted by Gasteiger charge is -2.15.